The van der Waals surface area contributed by atoms with Crippen molar-refractivity contribution in [1.29, 1.82) is 0 Å². The number of hydrogen-bond donors (Lipinski definition) is 1. The molecule has 1 saturated carbocycles. The second kappa shape index (κ2) is 6.58. The Labute approximate surface area is 117 Å². The summed E-state index contributed by atoms with van der Waals surface area (Å²) in [5.41, 5.74) is 1.75. The molecule has 1 aromatic heterocycles. The van der Waals surface area contributed by atoms with Crippen LogP contribution in [0.3, 0.4) is 0 Å². The van der Waals surface area contributed by atoms with Crippen molar-refractivity contribution in [1.82, 2.24) is 10.2 Å². The molecule has 0 atom stereocenters. The molecule has 0 amide bonds. The number of nitrogens with zero attached hydrogens (tertiary/aromatic N) is 1. The molecule has 1 aliphatic carbocycles. The van der Waals surface area contributed by atoms with E-state index in [1.165, 1.54) is 37.8 Å². The number of furan rings is 1. The Morgan fingerprint density at radius 2 is 2.11 bits per heavy atom. The topological polar surface area (TPSA) is 28.4 Å². The maximum absolute atomic E-state index is 5.15. The molecule has 0 aliphatic heterocycles. The van der Waals surface area contributed by atoms with Crippen LogP contribution < -0.4 is 5.32 Å². The summed E-state index contributed by atoms with van der Waals surface area (Å²) in [5, 5.41) is 3.65. The summed E-state index contributed by atoms with van der Waals surface area (Å²) in [6.45, 7) is 7.79. The highest BCUT2D eigenvalue weighted by atomic mass is 16.3. The summed E-state index contributed by atoms with van der Waals surface area (Å²) in [6, 6.07) is 2.64. The Kier molecular flexibility index (Phi) is 5.06. The zero-order valence-electron chi connectivity index (χ0n) is 12.6. The van der Waals surface area contributed by atoms with E-state index in [2.05, 4.69) is 37.2 Å². The molecule has 1 N–H and O–H groups in total. The molecule has 2 rings (SSSR count). The average molecular weight is 264 g/mol. The van der Waals surface area contributed by atoms with E-state index in [9.17, 15) is 0 Å². The van der Waals surface area contributed by atoms with E-state index in [0.29, 0.717) is 11.5 Å². The summed E-state index contributed by atoms with van der Waals surface area (Å²) < 4.78 is 5.15. The first-order valence-corrected chi connectivity index (χ1v) is 7.53. The van der Waals surface area contributed by atoms with E-state index >= 15 is 0 Å². The number of hydrogen-bond acceptors (Lipinski definition) is 3. The second-order valence-electron chi connectivity index (χ2n) is 6.55. The molecule has 3 heteroatoms. The van der Waals surface area contributed by atoms with Crippen LogP contribution in [-0.4, -0.2) is 31.1 Å². The number of rotatable bonds is 7. The minimum Gasteiger partial charge on any atom is -0.472 e. The molecule has 0 saturated heterocycles. The highest BCUT2D eigenvalue weighted by molar-refractivity contribution is 5.05. The smallest absolute Gasteiger partial charge is 0.0947 e. The van der Waals surface area contributed by atoms with Crippen LogP contribution in [0.4, 0.5) is 0 Å². The molecule has 0 spiro atoms. The van der Waals surface area contributed by atoms with Crippen LogP contribution in [-0.2, 0) is 6.54 Å². The monoisotopic (exact) mass is 264 g/mol. The van der Waals surface area contributed by atoms with Crippen LogP contribution in [0.1, 0.15) is 45.1 Å². The quantitative estimate of drug-likeness (QED) is 0.819. The largest absolute Gasteiger partial charge is 0.472 e. The zero-order chi connectivity index (χ0) is 13.7. The lowest BCUT2D eigenvalue weighted by Gasteiger charge is -2.34. The Hall–Kier alpha value is -0.800. The molecule has 1 aromatic rings. The zero-order valence-corrected chi connectivity index (χ0v) is 12.6. The van der Waals surface area contributed by atoms with Gasteiger partial charge in [0.15, 0.2) is 0 Å². The van der Waals surface area contributed by atoms with Crippen LogP contribution in [0.15, 0.2) is 23.0 Å². The van der Waals surface area contributed by atoms with Crippen LogP contribution >= 0.6 is 0 Å². The van der Waals surface area contributed by atoms with Crippen molar-refractivity contribution in [2.24, 2.45) is 5.41 Å². The molecule has 0 bridgehead atoms. The van der Waals surface area contributed by atoms with E-state index in [-0.39, 0.29) is 0 Å². The third kappa shape index (κ3) is 4.36. The van der Waals surface area contributed by atoms with E-state index < -0.39 is 0 Å². The first-order valence-electron chi connectivity index (χ1n) is 7.53. The van der Waals surface area contributed by atoms with Gasteiger partial charge in [-0.2, -0.15) is 0 Å². The minimum absolute atomic E-state index is 0.475. The lowest BCUT2D eigenvalue weighted by molar-refractivity contribution is 0.164. The lowest BCUT2D eigenvalue weighted by Crippen LogP contribution is -2.42. The Bertz CT molecular complexity index is 353. The molecular weight excluding hydrogens is 236 g/mol. The average Bonchev–Trinajstić information content (AvgIpc) is 2.99. The summed E-state index contributed by atoms with van der Waals surface area (Å²) in [6.07, 6.45) is 9.11. The molecule has 1 heterocycles. The standard InChI is InChI=1S/C16H28N2O/c1-14(2)17-12-16(7-4-5-8-16)13-18(3)10-15-6-9-19-11-15/h6,9,11,14,17H,4-5,7-8,10,12-13H2,1-3H3. The highest BCUT2D eigenvalue weighted by Crippen LogP contribution is 2.38. The van der Waals surface area contributed by atoms with Crippen molar-refractivity contribution in [3.05, 3.63) is 24.2 Å². The fraction of sp³-hybridized carbons (Fsp3) is 0.750. The lowest BCUT2D eigenvalue weighted by atomic mass is 9.85. The molecule has 0 unspecified atom stereocenters. The summed E-state index contributed by atoms with van der Waals surface area (Å²) in [5.74, 6) is 0. The van der Waals surface area contributed by atoms with Crippen molar-refractivity contribution < 1.29 is 4.42 Å². The van der Waals surface area contributed by atoms with Gasteiger partial charge in [0.25, 0.3) is 0 Å². The van der Waals surface area contributed by atoms with Gasteiger partial charge in [-0.25, -0.2) is 0 Å². The predicted octanol–water partition coefficient (Wildman–Crippen LogP) is 3.27. The van der Waals surface area contributed by atoms with E-state index in [4.69, 9.17) is 4.42 Å². The molecule has 108 valence electrons. The van der Waals surface area contributed by atoms with Crippen molar-refractivity contribution >= 4 is 0 Å². The van der Waals surface area contributed by atoms with Gasteiger partial charge in [-0.15, -0.1) is 0 Å². The normalized spacial score (nSPS) is 18.6. The van der Waals surface area contributed by atoms with E-state index in [1.54, 1.807) is 6.26 Å². The molecule has 19 heavy (non-hydrogen) atoms. The van der Waals surface area contributed by atoms with Crippen molar-refractivity contribution in [2.75, 3.05) is 20.1 Å². The first kappa shape index (κ1) is 14.6. The molecule has 3 nitrogen and oxygen atoms in total. The van der Waals surface area contributed by atoms with Crippen molar-refractivity contribution in [3.8, 4) is 0 Å². The van der Waals surface area contributed by atoms with Gasteiger partial charge in [-0.05, 0) is 31.4 Å². The molecule has 1 fully saturated rings. The summed E-state index contributed by atoms with van der Waals surface area (Å²) in [7, 11) is 2.22. The SMILES string of the molecule is CC(C)NCC1(CN(C)Cc2ccoc2)CCCC1. The predicted molar refractivity (Wildman–Crippen MR) is 79.1 cm³/mol. The van der Waals surface area contributed by atoms with Gasteiger partial charge in [0, 0.05) is 31.2 Å². The Morgan fingerprint density at radius 1 is 1.37 bits per heavy atom. The first-order chi connectivity index (χ1) is 9.10. The van der Waals surface area contributed by atoms with Gasteiger partial charge in [0.1, 0.15) is 0 Å². The highest BCUT2D eigenvalue weighted by Gasteiger charge is 2.34. The summed E-state index contributed by atoms with van der Waals surface area (Å²) in [4.78, 5) is 2.44. The molecule has 1 aliphatic rings. The number of nitrogens with one attached hydrogen (secondary N) is 1. The van der Waals surface area contributed by atoms with Gasteiger partial charge >= 0.3 is 0 Å². The van der Waals surface area contributed by atoms with Crippen LogP contribution in [0.5, 0.6) is 0 Å². The van der Waals surface area contributed by atoms with Gasteiger partial charge < -0.3 is 14.6 Å². The van der Waals surface area contributed by atoms with Crippen LogP contribution in [0, 0.1) is 5.41 Å². The van der Waals surface area contributed by atoms with Crippen molar-refractivity contribution in [3.63, 3.8) is 0 Å². The second-order valence-corrected chi connectivity index (χ2v) is 6.55. The van der Waals surface area contributed by atoms with Gasteiger partial charge in [0.2, 0.25) is 0 Å². The third-order valence-electron chi connectivity index (χ3n) is 4.19. The summed E-state index contributed by atoms with van der Waals surface area (Å²) >= 11 is 0. The van der Waals surface area contributed by atoms with Gasteiger partial charge in [-0.3, -0.25) is 0 Å². The Balaban J connectivity index is 1.88. The van der Waals surface area contributed by atoms with Gasteiger partial charge in [-0.1, -0.05) is 26.7 Å². The maximum Gasteiger partial charge on any atom is 0.0947 e. The third-order valence-corrected chi connectivity index (χ3v) is 4.19. The van der Waals surface area contributed by atoms with E-state index in [0.717, 1.165) is 13.1 Å². The fourth-order valence-corrected chi connectivity index (χ4v) is 3.26. The van der Waals surface area contributed by atoms with Gasteiger partial charge in [0.05, 0.1) is 12.5 Å². The molecular formula is C16H28N2O. The maximum atomic E-state index is 5.15. The van der Waals surface area contributed by atoms with Crippen molar-refractivity contribution in [2.45, 2.75) is 52.1 Å². The van der Waals surface area contributed by atoms with Crippen LogP contribution in [0.2, 0.25) is 0 Å². The fourth-order valence-electron chi connectivity index (χ4n) is 3.26. The minimum atomic E-state index is 0.475. The Morgan fingerprint density at radius 3 is 2.68 bits per heavy atom. The van der Waals surface area contributed by atoms with Crippen LogP contribution in [0.25, 0.3) is 0 Å². The van der Waals surface area contributed by atoms with E-state index in [1.807, 2.05) is 6.26 Å². The molecule has 0 aromatic carbocycles. The molecule has 0 radical (unpaired) electrons.